The Morgan fingerprint density at radius 2 is 1.69 bits per heavy atom. The molecule has 0 aliphatic rings. The summed E-state index contributed by atoms with van der Waals surface area (Å²) in [7, 11) is 2.81. The van der Waals surface area contributed by atoms with Crippen molar-refractivity contribution in [1.29, 1.82) is 0 Å². The van der Waals surface area contributed by atoms with Gasteiger partial charge in [0.2, 0.25) is 0 Å². The molecule has 16 heavy (non-hydrogen) atoms. The van der Waals surface area contributed by atoms with Gasteiger partial charge in [-0.1, -0.05) is 0 Å². The third-order valence-corrected chi connectivity index (χ3v) is 3.26. The summed E-state index contributed by atoms with van der Waals surface area (Å²) in [5, 5.41) is 0. The predicted molar refractivity (Wildman–Crippen MR) is 63.0 cm³/mol. The zero-order valence-corrected chi connectivity index (χ0v) is 11.8. The molecule has 7 heteroatoms. The fraction of sp³-hybridized carbons (Fsp3) is 0.778. The molecule has 0 aromatic heterocycles. The van der Waals surface area contributed by atoms with Crippen molar-refractivity contribution in [3.8, 4) is 0 Å². The van der Waals surface area contributed by atoms with Crippen molar-refractivity contribution < 1.29 is 28.5 Å². The van der Waals surface area contributed by atoms with Gasteiger partial charge in [0.05, 0.1) is 0 Å². The van der Waals surface area contributed by atoms with Crippen LogP contribution in [-0.4, -0.2) is 42.7 Å². The molecule has 0 fully saturated rings. The van der Waals surface area contributed by atoms with E-state index in [4.69, 9.17) is 18.9 Å². The summed E-state index contributed by atoms with van der Waals surface area (Å²) in [6, 6.07) is 0. The molecule has 1 atom stereocenters. The van der Waals surface area contributed by atoms with E-state index in [0.717, 1.165) is 0 Å². The Morgan fingerprint density at radius 3 is 2.00 bits per heavy atom. The molecule has 0 rings (SSSR count). The molecule has 0 bridgehead atoms. The molecular formula is C9H15IO6. The summed E-state index contributed by atoms with van der Waals surface area (Å²) < 4.78 is 18.7. The molecule has 0 aromatic carbocycles. The number of rotatable bonds is 6. The Morgan fingerprint density at radius 1 is 1.19 bits per heavy atom. The summed E-state index contributed by atoms with van der Waals surface area (Å²) in [4.78, 5) is 21.6. The second-order valence-corrected chi connectivity index (χ2v) is 4.39. The van der Waals surface area contributed by atoms with Gasteiger partial charge >= 0.3 is 11.9 Å². The average Bonchev–Trinajstić information content (AvgIpc) is 2.22. The molecule has 94 valence electrons. The molecule has 0 aliphatic carbocycles. The van der Waals surface area contributed by atoms with Gasteiger partial charge in [0, 0.05) is 28.1 Å². The van der Waals surface area contributed by atoms with Crippen molar-refractivity contribution in [2.75, 3.05) is 20.8 Å². The first kappa shape index (κ1) is 15.6. The number of ether oxygens (including phenoxy) is 4. The van der Waals surface area contributed by atoms with Crippen LogP contribution in [0.2, 0.25) is 0 Å². The van der Waals surface area contributed by atoms with Crippen LogP contribution in [0.15, 0.2) is 0 Å². The maximum atomic E-state index is 10.9. The number of carbonyl (C=O) groups is 2. The van der Waals surface area contributed by atoms with E-state index >= 15 is 0 Å². The summed E-state index contributed by atoms with van der Waals surface area (Å²) in [5.74, 6) is -0.976. The third kappa shape index (κ3) is 5.08. The Kier molecular flexibility index (Phi) is 6.84. The number of alkyl halides is 1. The van der Waals surface area contributed by atoms with Crippen LogP contribution in [-0.2, 0) is 28.5 Å². The van der Waals surface area contributed by atoms with Crippen molar-refractivity contribution in [3.63, 3.8) is 0 Å². The first-order valence-corrected chi connectivity index (χ1v) is 5.53. The van der Waals surface area contributed by atoms with Crippen molar-refractivity contribution >= 4 is 34.5 Å². The highest BCUT2D eigenvalue weighted by atomic mass is 127. The molecule has 0 radical (unpaired) electrons. The van der Waals surface area contributed by atoms with Gasteiger partial charge in [-0.25, -0.2) is 0 Å². The lowest BCUT2D eigenvalue weighted by Gasteiger charge is -2.31. The van der Waals surface area contributed by atoms with E-state index in [0.29, 0.717) is 0 Å². The van der Waals surface area contributed by atoms with Crippen molar-refractivity contribution in [1.82, 2.24) is 0 Å². The number of hydrogen-bond acceptors (Lipinski definition) is 6. The minimum absolute atomic E-state index is 0.125. The standard InChI is InChI=1S/C9H15IO6/c1-6(11)15-5-8(16-7(2)12)9(10,13-3)14-4/h8H,5H2,1-4H3. The van der Waals surface area contributed by atoms with Crippen LogP contribution < -0.4 is 0 Å². The summed E-state index contributed by atoms with van der Waals surface area (Å²) in [6.07, 6.45) is -0.829. The van der Waals surface area contributed by atoms with Gasteiger partial charge in [0.25, 0.3) is 3.79 Å². The van der Waals surface area contributed by atoms with Crippen LogP contribution in [0.5, 0.6) is 0 Å². The topological polar surface area (TPSA) is 71.1 Å². The normalized spacial score (nSPS) is 13.1. The van der Waals surface area contributed by atoms with Crippen LogP contribution in [0, 0.1) is 0 Å². The van der Waals surface area contributed by atoms with Gasteiger partial charge in [-0.2, -0.15) is 0 Å². The van der Waals surface area contributed by atoms with E-state index in [9.17, 15) is 9.59 Å². The number of methoxy groups -OCH3 is 2. The highest BCUT2D eigenvalue weighted by molar-refractivity contribution is 14.1. The molecule has 0 aliphatic heterocycles. The lowest BCUT2D eigenvalue weighted by molar-refractivity contribution is -0.210. The van der Waals surface area contributed by atoms with Crippen molar-refractivity contribution in [2.45, 2.75) is 23.7 Å². The number of carbonyl (C=O) groups excluding carboxylic acids is 2. The Hall–Kier alpha value is -0.410. The number of hydrogen-bond donors (Lipinski definition) is 0. The molecule has 0 saturated heterocycles. The summed E-state index contributed by atoms with van der Waals surface area (Å²) >= 11 is 1.83. The second kappa shape index (κ2) is 7.02. The molecule has 0 aromatic rings. The smallest absolute Gasteiger partial charge is 0.303 e. The monoisotopic (exact) mass is 346 g/mol. The lowest BCUT2D eigenvalue weighted by atomic mass is 10.3. The van der Waals surface area contributed by atoms with Crippen LogP contribution in [0.4, 0.5) is 0 Å². The number of halogens is 1. The van der Waals surface area contributed by atoms with E-state index in [-0.39, 0.29) is 6.61 Å². The Balaban J connectivity index is 4.63. The van der Waals surface area contributed by atoms with Gasteiger partial charge in [0.15, 0.2) is 6.10 Å². The van der Waals surface area contributed by atoms with Crippen LogP contribution in [0.3, 0.4) is 0 Å². The number of esters is 2. The highest BCUT2D eigenvalue weighted by Crippen LogP contribution is 2.28. The lowest BCUT2D eigenvalue weighted by Crippen LogP contribution is -2.45. The molecular weight excluding hydrogens is 331 g/mol. The van der Waals surface area contributed by atoms with Gasteiger partial charge in [-0.3, -0.25) is 9.59 Å². The van der Waals surface area contributed by atoms with Crippen LogP contribution in [0.25, 0.3) is 0 Å². The van der Waals surface area contributed by atoms with E-state index < -0.39 is 21.8 Å². The average molecular weight is 346 g/mol. The minimum Gasteiger partial charge on any atom is -0.462 e. The van der Waals surface area contributed by atoms with E-state index in [1.165, 1.54) is 28.1 Å². The molecule has 6 nitrogen and oxygen atoms in total. The minimum atomic E-state index is -1.18. The van der Waals surface area contributed by atoms with Crippen LogP contribution >= 0.6 is 22.6 Å². The first-order chi connectivity index (χ1) is 7.35. The van der Waals surface area contributed by atoms with E-state index in [1.54, 1.807) is 0 Å². The highest BCUT2D eigenvalue weighted by Gasteiger charge is 2.40. The molecule has 0 amide bonds. The zero-order valence-electron chi connectivity index (χ0n) is 9.61. The fourth-order valence-electron chi connectivity index (χ4n) is 0.944. The van der Waals surface area contributed by atoms with Gasteiger partial charge in [-0.05, 0) is 22.6 Å². The molecule has 0 N–H and O–H groups in total. The van der Waals surface area contributed by atoms with Crippen LogP contribution in [0.1, 0.15) is 13.8 Å². The second-order valence-electron chi connectivity index (χ2n) is 2.89. The predicted octanol–water partition coefficient (Wildman–Crippen LogP) is 0.863. The first-order valence-electron chi connectivity index (χ1n) is 4.45. The van der Waals surface area contributed by atoms with E-state index in [2.05, 4.69) is 0 Å². The molecule has 1 unspecified atom stereocenters. The van der Waals surface area contributed by atoms with E-state index in [1.807, 2.05) is 22.6 Å². The Bertz CT molecular complexity index is 250. The summed E-state index contributed by atoms with van der Waals surface area (Å²) in [5.41, 5.74) is 0. The molecule has 0 spiro atoms. The van der Waals surface area contributed by atoms with Gasteiger partial charge in [-0.15, -0.1) is 0 Å². The summed E-state index contributed by atoms with van der Waals surface area (Å²) in [6.45, 7) is 2.39. The van der Waals surface area contributed by atoms with Gasteiger partial charge in [0.1, 0.15) is 6.61 Å². The molecule has 0 saturated carbocycles. The SMILES string of the molecule is COC(I)(OC)C(COC(C)=O)OC(C)=O. The Labute approximate surface area is 108 Å². The zero-order chi connectivity index (χ0) is 12.8. The van der Waals surface area contributed by atoms with Gasteiger partial charge < -0.3 is 18.9 Å². The molecule has 0 heterocycles. The fourth-order valence-corrected chi connectivity index (χ4v) is 1.25. The maximum absolute atomic E-state index is 10.9. The van der Waals surface area contributed by atoms with Crippen molar-refractivity contribution in [2.24, 2.45) is 0 Å². The largest absolute Gasteiger partial charge is 0.462 e. The maximum Gasteiger partial charge on any atom is 0.303 e. The van der Waals surface area contributed by atoms with Crippen molar-refractivity contribution in [3.05, 3.63) is 0 Å². The quantitative estimate of drug-likeness (QED) is 0.308. The third-order valence-electron chi connectivity index (χ3n) is 1.69.